The van der Waals surface area contributed by atoms with E-state index in [1.165, 1.54) is 70.6 Å². The molecule has 0 aliphatic rings. The number of hydrogen-bond donors (Lipinski definition) is 0. The number of alkyl halides is 24. The Kier molecular flexibility index (Phi) is 23.6. The van der Waals surface area contributed by atoms with Crippen molar-refractivity contribution in [3.05, 3.63) is 183 Å². The Morgan fingerprint density at radius 1 is 0.326 bits per heavy atom. The normalized spacial score (nSPS) is 13.1. The third kappa shape index (κ3) is 20.0. The van der Waals surface area contributed by atoms with Crippen LogP contribution in [0, 0.1) is 0 Å². The molecule has 0 radical (unpaired) electrons. The molecule has 0 bridgehead atoms. The van der Waals surface area contributed by atoms with Crippen LogP contribution in [0.3, 0.4) is 0 Å². The molecule has 0 aliphatic carbocycles. The van der Waals surface area contributed by atoms with Crippen molar-refractivity contribution in [2.45, 2.75) is 153 Å². The number of aromatic nitrogens is 1. The first-order chi connectivity index (χ1) is 41.0. The zero-order valence-electron chi connectivity index (χ0n) is 46.6. The predicted molar refractivity (Wildman–Crippen MR) is 282 cm³/mol. The fourth-order valence-electron chi connectivity index (χ4n) is 10.2. The Balaban J connectivity index is 0.000000380. The van der Waals surface area contributed by atoms with E-state index in [-0.39, 0.29) is 18.1 Å². The highest BCUT2D eigenvalue weighted by Crippen LogP contribution is 2.42. The van der Waals surface area contributed by atoms with E-state index in [1.807, 2.05) is 54.7 Å². The minimum atomic E-state index is -6.13. The Morgan fingerprint density at radius 3 is 0.854 bits per heavy atom. The number of benzene rings is 5. The van der Waals surface area contributed by atoms with Gasteiger partial charge in [-0.1, -0.05) is 163 Å². The van der Waals surface area contributed by atoms with E-state index in [9.17, 15) is 115 Å². The van der Waals surface area contributed by atoms with Gasteiger partial charge in [0.15, 0.2) is 6.20 Å². The van der Waals surface area contributed by atoms with Crippen molar-refractivity contribution >= 4 is 39.6 Å². The number of Topliss-reactive ketones (excluding diaryl/α,β-unsaturated/α-hetero) is 2. The average Bonchev–Trinajstić information content (AvgIpc) is 0.724. The Labute approximate surface area is 494 Å². The average molecular weight is 1300 g/mol. The van der Waals surface area contributed by atoms with Crippen LogP contribution in [0.4, 0.5) is 105 Å². The van der Waals surface area contributed by atoms with Crippen LogP contribution in [0.2, 0.25) is 0 Å². The smallest absolute Gasteiger partial charge is 0.287 e. The first-order valence-corrected chi connectivity index (χ1v) is 27.4. The highest BCUT2D eigenvalue weighted by molar-refractivity contribution is 7.20. The lowest BCUT2D eigenvalue weighted by molar-refractivity contribution is -0.685. The van der Waals surface area contributed by atoms with Gasteiger partial charge in [-0.25, -0.2) is 0 Å². The van der Waals surface area contributed by atoms with Crippen molar-refractivity contribution in [3.8, 4) is 0 Å². The minimum absolute atomic E-state index is 0.0248. The third-order valence-corrected chi connectivity index (χ3v) is 14.6. The van der Waals surface area contributed by atoms with Gasteiger partial charge in [-0.05, 0) is 36.8 Å². The second-order valence-electron chi connectivity index (χ2n) is 21.1. The van der Waals surface area contributed by atoms with Gasteiger partial charge in [-0.2, -0.15) is 132 Å². The van der Waals surface area contributed by atoms with Crippen molar-refractivity contribution < 1.29 is 120 Å². The number of nitrogens with zero attached hydrogens (tertiary/aromatic N) is 1. The maximum Gasteiger partial charge on any atom is 0.416 e. The van der Waals surface area contributed by atoms with E-state index in [2.05, 4.69) is 6.92 Å². The van der Waals surface area contributed by atoms with Crippen LogP contribution in [0.15, 0.2) is 128 Å². The number of halogens is 24. The molecule has 0 fully saturated rings. The Bertz CT molecular complexity index is 2900. The molecule has 1 heterocycles. The summed E-state index contributed by atoms with van der Waals surface area (Å²) in [5.41, 5.74) is -28.9. The van der Waals surface area contributed by atoms with Crippen LogP contribution in [0.25, 0.3) is 0 Å². The zero-order valence-corrected chi connectivity index (χ0v) is 46.6. The fraction of sp³-hybridized carbons (Fsp3) is 0.393. The van der Waals surface area contributed by atoms with E-state index >= 15 is 0 Å². The van der Waals surface area contributed by atoms with E-state index in [0.29, 0.717) is 17.7 Å². The van der Waals surface area contributed by atoms with Crippen LogP contribution < -0.4 is 26.4 Å². The van der Waals surface area contributed by atoms with Crippen LogP contribution in [0.1, 0.15) is 162 Å². The van der Waals surface area contributed by atoms with Crippen molar-refractivity contribution in [2.75, 3.05) is 0 Å². The van der Waals surface area contributed by atoms with Gasteiger partial charge in [0.05, 0.1) is 44.5 Å². The van der Waals surface area contributed by atoms with Gasteiger partial charge in [0, 0.05) is 24.1 Å². The molecular formula is C61H54BF24NO2. The fourth-order valence-corrected chi connectivity index (χ4v) is 10.2. The molecule has 0 N–H and O–H groups in total. The Morgan fingerprint density at radius 2 is 0.584 bits per heavy atom. The quantitative estimate of drug-likeness (QED) is 0.0223. The summed E-state index contributed by atoms with van der Waals surface area (Å²) in [7, 11) is 0. The second kappa shape index (κ2) is 28.9. The van der Waals surface area contributed by atoms with Gasteiger partial charge in [-0.3, -0.25) is 9.59 Å². The summed E-state index contributed by atoms with van der Waals surface area (Å²) >= 11 is 0. The molecule has 0 saturated carbocycles. The van der Waals surface area contributed by atoms with Crippen LogP contribution >= 0.6 is 0 Å². The molecule has 0 unspecified atom stereocenters. The lowest BCUT2D eigenvalue weighted by Gasteiger charge is -2.46. The summed E-state index contributed by atoms with van der Waals surface area (Å²) in [5, 5.41) is 0. The van der Waals surface area contributed by atoms with Crippen LogP contribution in [-0.2, 0) is 56.0 Å². The summed E-state index contributed by atoms with van der Waals surface area (Å²) in [4.78, 5) is 25.3. The van der Waals surface area contributed by atoms with Crippen LogP contribution in [-0.4, -0.2) is 17.7 Å². The van der Waals surface area contributed by atoms with Gasteiger partial charge < -0.3 is 0 Å². The lowest BCUT2D eigenvalue weighted by Crippen LogP contribution is -2.75. The molecule has 1 aromatic heterocycles. The molecule has 0 amide bonds. The summed E-state index contributed by atoms with van der Waals surface area (Å²) in [6.45, 7) is 2.47. The molecule has 0 aliphatic heterocycles. The number of ketones is 2. The molecule has 0 atom stereocenters. The van der Waals surface area contributed by atoms with Crippen molar-refractivity contribution in [3.63, 3.8) is 0 Å². The number of hydrogen-bond acceptors (Lipinski definition) is 2. The summed E-state index contributed by atoms with van der Waals surface area (Å²) in [6, 6.07) is 6.05. The molecule has 89 heavy (non-hydrogen) atoms. The van der Waals surface area contributed by atoms with E-state index in [4.69, 9.17) is 0 Å². The molecule has 6 aromatic rings. The summed E-state index contributed by atoms with van der Waals surface area (Å²) in [5.74, 6) is 0.159. The summed E-state index contributed by atoms with van der Waals surface area (Å²) in [6.07, 6.45) is -35.5. The van der Waals surface area contributed by atoms with Gasteiger partial charge >= 0.3 is 49.4 Å². The van der Waals surface area contributed by atoms with E-state index in [1.54, 1.807) is 4.57 Å². The maximum atomic E-state index is 14.2. The van der Waals surface area contributed by atoms with Crippen molar-refractivity contribution in [2.24, 2.45) is 0 Å². The largest absolute Gasteiger partial charge is 0.416 e. The topological polar surface area (TPSA) is 38.0 Å². The number of pyridine rings is 1. The van der Waals surface area contributed by atoms with Crippen molar-refractivity contribution in [1.29, 1.82) is 0 Å². The SMILES string of the molecule is CCCCCCCCCCCCCCCC(=O)c1cccc[n+]1CC(=O)c1ccccc1.FC(F)(F)c1cc([B-](c2cc(C(F)(F)F)cc(C(F)(F)F)c2)(c2cc(C(F)(F)F)cc(C(F)(F)F)c2)c2cc(C(F)(F)F)cc(C(F)(F)F)c2)cc(C(F)(F)F)c1. The van der Waals surface area contributed by atoms with Gasteiger partial charge in [0.2, 0.25) is 23.8 Å². The zero-order chi connectivity index (χ0) is 66.8. The Hall–Kier alpha value is -7.03. The first kappa shape index (κ1) is 72.7. The number of unbranched alkanes of at least 4 members (excludes halogenated alkanes) is 12. The second-order valence-corrected chi connectivity index (χ2v) is 21.1. The van der Waals surface area contributed by atoms with Gasteiger partial charge in [0.25, 0.3) is 0 Å². The molecule has 6 rings (SSSR count). The number of carbonyl (C=O) groups excluding carboxylic acids is 2. The molecule has 486 valence electrons. The first-order valence-electron chi connectivity index (χ1n) is 27.4. The molecule has 5 aromatic carbocycles. The van der Waals surface area contributed by atoms with Crippen LogP contribution in [0.5, 0.6) is 0 Å². The third-order valence-electron chi connectivity index (χ3n) is 14.6. The minimum Gasteiger partial charge on any atom is -0.287 e. The molecule has 3 nitrogen and oxygen atoms in total. The highest BCUT2D eigenvalue weighted by atomic mass is 19.4. The molecule has 0 saturated heterocycles. The van der Waals surface area contributed by atoms with E-state index < -0.39 is 195 Å². The number of carbonyl (C=O) groups is 2. The monoisotopic (exact) mass is 1300 g/mol. The standard InChI is InChI=1S/C32H12BF24.C29H42NO2/c34-25(35,36)13-1-14(26(37,38)39)6-21(5-13)33(22-7-15(27(40,41)42)2-16(8-22)28(43,44)45,23-9-17(29(46,47)48)3-18(10-23)30(49,50)51)24-11-19(31(52,53)54)4-20(12-24)32(55,56)57;1-2-3-4-5-6-7-8-9-10-11-12-13-17-23-28(31)27-22-18-19-24-30(27)25-29(32)26-20-15-14-16-21-26/h1-12H;14-16,18-22,24H,2-13,17,23,25H2,1H3/q-1;+1. The van der Waals surface area contributed by atoms with Gasteiger partial charge in [-0.15, -0.1) is 0 Å². The molecule has 0 spiro atoms. The predicted octanol–water partition coefficient (Wildman–Crippen LogP) is 18.7. The molecular weight excluding hydrogens is 1250 g/mol. The van der Waals surface area contributed by atoms with Gasteiger partial charge in [0.1, 0.15) is 6.15 Å². The number of rotatable bonds is 22. The lowest BCUT2D eigenvalue weighted by atomic mass is 9.12. The van der Waals surface area contributed by atoms with E-state index in [0.717, 1.165) is 12.8 Å². The maximum absolute atomic E-state index is 14.2. The summed E-state index contributed by atoms with van der Waals surface area (Å²) < 4.78 is 343. The van der Waals surface area contributed by atoms with Crippen molar-refractivity contribution in [1.82, 2.24) is 0 Å². The molecule has 28 heteroatoms. The highest BCUT2D eigenvalue weighted by Gasteiger charge is 2.47.